The highest BCUT2D eigenvalue weighted by atomic mass is 35.5. The van der Waals surface area contributed by atoms with Crippen molar-refractivity contribution in [1.82, 2.24) is 0 Å². The van der Waals surface area contributed by atoms with Crippen molar-refractivity contribution < 1.29 is 9.90 Å². The molecule has 0 radical (unpaired) electrons. The van der Waals surface area contributed by atoms with E-state index in [-0.39, 0.29) is 10.6 Å². The molecule has 0 unspecified atom stereocenters. The Labute approximate surface area is 86.7 Å². The van der Waals surface area contributed by atoms with Crippen molar-refractivity contribution in [3.63, 3.8) is 0 Å². The van der Waals surface area contributed by atoms with E-state index in [1.807, 2.05) is 0 Å². The van der Waals surface area contributed by atoms with Crippen molar-refractivity contribution in [2.75, 3.05) is 5.32 Å². The fourth-order valence-corrected chi connectivity index (χ4v) is 1.50. The normalized spacial score (nSPS) is 15.2. The van der Waals surface area contributed by atoms with Crippen molar-refractivity contribution >= 4 is 23.3 Å². The molecule has 0 spiro atoms. The lowest BCUT2D eigenvalue weighted by molar-refractivity contribution is 0.0697. The topological polar surface area (TPSA) is 49.3 Å². The third kappa shape index (κ3) is 1.99. The molecule has 1 aliphatic rings. The Hall–Kier alpha value is -1.22. The van der Waals surface area contributed by atoms with Gasteiger partial charge in [0.2, 0.25) is 0 Å². The minimum Gasteiger partial charge on any atom is -0.478 e. The molecule has 2 N–H and O–H groups in total. The number of aromatic carboxylic acids is 1. The summed E-state index contributed by atoms with van der Waals surface area (Å²) in [4.78, 5) is 10.7. The summed E-state index contributed by atoms with van der Waals surface area (Å²) in [5.41, 5.74) is 1.04. The standard InChI is InChI=1S/C10H10ClNO2/c11-9-5-7(12-6-1-2-6)3-4-8(9)10(13)14/h3-6,12H,1-2H2,(H,13,14). The highest BCUT2D eigenvalue weighted by molar-refractivity contribution is 6.33. The minimum absolute atomic E-state index is 0.146. The van der Waals surface area contributed by atoms with Crippen LogP contribution in [0.25, 0.3) is 0 Å². The molecule has 74 valence electrons. The van der Waals surface area contributed by atoms with Crippen molar-refractivity contribution in [1.29, 1.82) is 0 Å². The number of anilines is 1. The van der Waals surface area contributed by atoms with E-state index in [0.29, 0.717) is 6.04 Å². The molecule has 3 nitrogen and oxygen atoms in total. The van der Waals surface area contributed by atoms with Crippen LogP contribution in [0.4, 0.5) is 5.69 Å². The lowest BCUT2D eigenvalue weighted by Crippen LogP contribution is -2.02. The summed E-state index contributed by atoms with van der Waals surface area (Å²) >= 11 is 5.81. The molecule has 0 atom stereocenters. The molecule has 0 aliphatic heterocycles. The van der Waals surface area contributed by atoms with Gasteiger partial charge in [-0.05, 0) is 31.0 Å². The van der Waals surface area contributed by atoms with Crippen LogP contribution < -0.4 is 5.32 Å². The molecule has 0 aromatic heterocycles. The third-order valence-electron chi connectivity index (χ3n) is 2.15. The highest BCUT2D eigenvalue weighted by Crippen LogP contribution is 2.27. The number of halogens is 1. The number of rotatable bonds is 3. The van der Waals surface area contributed by atoms with Gasteiger partial charge in [-0.15, -0.1) is 0 Å². The van der Waals surface area contributed by atoms with E-state index >= 15 is 0 Å². The molecule has 1 aromatic rings. The minimum atomic E-state index is -0.993. The zero-order chi connectivity index (χ0) is 10.1. The first-order valence-corrected chi connectivity index (χ1v) is 4.84. The average molecular weight is 212 g/mol. The first-order chi connectivity index (χ1) is 6.66. The summed E-state index contributed by atoms with van der Waals surface area (Å²) in [6.45, 7) is 0. The average Bonchev–Trinajstić information content (AvgIpc) is 2.87. The second-order valence-corrected chi connectivity index (χ2v) is 3.83. The van der Waals surface area contributed by atoms with Gasteiger partial charge in [-0.1, -0.05) is 11.6 Å². The zero-order valence-corrected chi connectivity index (χ0v) is 8.21. The molecule has 0 saturated heterocycles. The van der Waals surface area contributed by atoms with Crippen LogP contribution in [0.15, 0.2) is 18.2 Å². The van der Waals surface area contributed by atoms with Crippen LogP contribution >= 0.6 is 11.6 Å². The zero-order valence-electron chi connectivity index (χ0n) is 7.46. The number of carboxylic acids is 1. The molecule has 4 heteroatoms. The van der Waals surface area contributed by atoms with Crippen LogP contribution in [0.5, 0.6) is 0 Å². The Morgan fingerprint density at radius 2 is 2.21 bits per heavy atom. The van der Waals surface area contributed by atoms with Gasteiger partial charge in [0.1, 0.15) is 0 Å². The maximum atomic E-state index is 10.7. The van der Waals surface area contributed by atoms with E-state index in [1.54, 1.807) is 12.1 Å². The number of nitrogens with one attached hydrogen (secondary N) is 1. The molecule has 1 aliphatic carbocycles. The van der Waals surface area contributed by atoms with Gasteiger partial charge < -0.3 is 10.4 Å². The Kier molecular flexibility index (Phi) is 2.33. The molecule has 0 amide bonds. The second-order valence-electron chi connectivity index (χ2n) is 3.42. The Morgan fingerprint density at radius 1 is 1.50 bits per heavy atom. The predicted molar refractivity (Wildman–Crippen MR) is 55.1 cm³/mol. The quantitative estimate of drug-likeness (QED) is 0.808. The van der Waals surface area contributed by atoms with Gasteiger partial charge in [-0.25, -0.2) is 4.79 Å². The van der Waals surface area contributed by atoms with Crippen LogP contribution in [-0.4, -0.2) is 17.1 Å². The summed E-state index contributed by atoms with van der Waals surface area (Å²) in [6.07, 6.45) is 2.36. The van der Waals surface area contributed by atoms with E-state index in [4.69, 9.17) is 16.7 Å². The molecule has 1 aromatic carbocycles. The number of benzene rings is 1. The lowest BCUT2D eigenvalue weighted by atomic mass is 10.2. The monoisotopic (exact) mass is 211 g/mol. The van der Waals surface area contributed by atoms with Crippen LogP contribution in [-0.2, 0) is 0 Å². The van der Waals surface area contributed by atoms with E-state index in [1.165, 1.54) is 18.9 Å². The summed E-state index contributed by atoms with van der Waals surface area (Å²) in [7, 11) is 0. The molecule has 14 heavy (non-hydrogen) atoms. The highest BCUT2D eigenvalue weighted by Gasteiger charge is 2.21. The van der Waals surface area contributed by atoms with Crippen LogP contribution in [0.1, 0.15) is 23.2 Å². The summed E-state index contributed by atoms with van der Waals surface area (Å²) in [6, 6.07) is 5.47. The first-order valence-electron chi connectivity index (χ1n) is 4.46. The molecule has 2 rings (SSSR count). The van der Waals surface area contributed by atoms with Crippen LogP contribution in [0.3, 0.4) is 0 Å². The van der Waals surface area contributed by atoms with E-state index in [9.17, 15) is 4.79 Å². The second kappa shape index (κ2) is 3.50. The smallest absolute Gasteiger partial charge is 0.337 e. The first kappa shape index (κ1) is 9.34. The molecule has 1 fully saturated rings. The van der Waals surface area contributed by atoms with Crippen molar-refractivity contribution in [2.45, 2.75) is 18.9 Å². The van der Waals surface area contributed by atoms with Crippen LogP contribution in [0, 0.1) is 0 Å². The number of hydrogen-bond donors (Lipinski definition) is 2. The van der Waals surface area contributed by atoms with E-state index < -0.39 is 5.97 Å². The van der Waals surface area contributed by atoms with Gasteiger partial charge in [-0.2, -0.15) is 0 Å². The van der Waals surface area contributed by atoms with Gasteiger partial charge in [-0.3, -0.25) is 0 Å². The Morgan fingerprint density at radius 3 is 2.71 bits per heavy atom. The van der Waals surface area contributed by atoms with Crippen LogP contribution in [0.2, 0.25) is 5.02 Å². The largest absolute Gasteiger partial charge is 0.478 e. The molecular formula is C10H10ClNO2. The van der Waals surface area contributed by atoms with Gasteiger partial charge in [0.15, 0.2) is 0 Å². The maximum Gasteiger partial charge on any atom is 0.337 e. The predicted octanol–water partition coefficient (Wildman–Crippen LogP) is 2.61. The summed E-state index contributed by atoms with van der Waals surface area (Å²) < 4.78 is 0. The Bertz CT molecular complexity index is 374. The fourth-order valence-electron chi connectivity index (χ4n) is 1.24. The number of hydrogen-bond acceptors (Lipinski definition) is 2. The van der Waals surface area contributed by atoms with Crippen molar-refractivity contribution in [3.8, 4) is 0 Å². The summed E-state index contributed by atoms with van der Waals surface area (Å²) in [5, 5.41) is 12.3. The maximum absolute atomic E-state index is 10.7. The van der Waals surface area contributed by atoms with Gasteiger partial charge in [0.05, 0.1) is 10.6 Å². The summed E-state index contributed by atoms with van der Waals surface area (Å²) in [5.74, 6) is -0.993. The fraction of sp³-hybridized carbons (Fsp3) is 0.300. The molecule has 0 bridgehead atoms. The van der Waals surface area contributed by atoms with E-state index in [0.717, 1.165) is 5.69 Å². The lowest BCUT2D eigenvalue weighted by Gasteiger charge is -2.05. The molecule has 1 saturated carbocycles. The van der Waals surface area contributed by atoms with Gasteiger partial charge >= 0.3 is 5.97 Å². The van der Waals surface area contributed by atoms with Crippen molar-refractivity contribution in [2.24, 2.45) is 0 Å². The number of carboxylic acid groups (broad SMARTS) is 1. The third-order valence-corrected chi connectivity index (χ3v) is 2.46. The van der Waals surface area contributed by atoms with Gasteiger partial charge in [0, 0.05) is 11.7 Å². The number of carbonyl (C=O) groups is 1. The SMILES string of the molecule is O=C(O)c1ccc(NC2CC2)cc1Cl. The Balaban J connectivity index is 2.20. The molecular weight excluding hydrogens is 202 g/mol. The van der Waals surface area contributed by atoms with Crippen molar-refractivity contribution in [3.05, 3.63) is 28.8 Å². The molecule has 0 heterocycles. The van der Waals surface area contributed by atoms with E-state index in [2.05, 4.69) is 5.32 Å². The van der Waals surface area contributed by atoms with Gasteiger partial charge in [0.25, 0.3) is 0 Å².